The quantitative estimate of drug-likeness (QED) is 0.0419. The van der Waals surface area contributed by atoms with Gasteiger partial charge >= 0.3 is 0 Å². The van der Waals surface area contributed by atoms with Crippen LogP contribution >= 0.6 is 0 Å². The van der Waals surface area contributed by atoms with E-state index in [0.29, 0.717) is 12.8 Å². The minimum absolute atomic E-state index is 0.177. The van der Waals surface area contributed by atoms with E-state index < -0.39 is 18.2 Å². The molecule has 0 aromatic heterocycles. The molecule has 4 N–H and O–H groups in total. The third-order valence-electron chi connectivity index (χ3n) is 8.69. The van der Waals surface area contributed by atoms with Crippen molar-refractivity contribution in [2.45, 2.75) is 205 Å². The summed E-state index contributed by atoms with van der Waals surface area (Å²) >= 11 is 0. The average Bonchev–Trinajstić information content (AvgIpc) is 3.04. The van der Waals surface area contributed by atoms with Crippen LogP contribution in [0.25, 0.3) is 0 Å². The molecular weight excluding hydrogens is 558 g/mol. The number of amides is 1. The summed E-state index contributed by atoms with van der Waals surface area (Å²) in [5, 5.41) is 33.3. The van der Waals surface area contributed by atoms with E-state index in [1.54, 1.807) is 0 Å². The number of allylic oxidation sites excluding steroid dienone is 6. The fourth-order valence-corrected chi connectivity index (χ4v) is 5.64. The molecule has 0 aliphatic heterocycles. The first-order valence-electron chi connectivity index (χ1n) is 19.3. The van der Waals surface area contributed by atoms with Gasteiger partial charge in [0, 0.05) is 6.42 Å². The van der Waals surface area contributed by atoms with E-state index in [1.165, 1.54) is 109 Å². The molecule has 45 heavy (non-hydrogen) atoms. The molecule has 0 aromatic carbocycles. The molecule has 264 valence electrons. The minimum Gasteiger partial charge on any atom is -0.394 e. The number of carbonyl (C=O) groups is 1. The fourth-order valence-electron chi connectivity index (χ4n) is 5.64. The lowest BCUT2D eigenvalue weighted by atomic mass is 10.0. The normalized spacial score (nSPS) is 14.2. The zero-order chi connectivity index (χ0) is 33.1. The van der Waals surface area contributed by atoms with Gasteiger partial charge < -0.3 is 20.6 Å². The molecule has 3 atom stereocenters. The highest BCUT2D eigenvalue weighted by molar-refractivity contribution is 5.76. The standard InChI is InChI=1S/C40H75NO4/c1-3-5-7-9-11-13-15-17-18-19-20-21-23-24-26-28-30-32-34-38(43)40(45)37(36-42)41-39(44)35-33-31-29-27-25-22-16-14-12-10-8-6-4-2/h20-22,25-26,28,37-38,40,42-43,45H,3-19,23-24,27,29-36H2,1-2H3,(H,41,44)/b21-20+,25-22-,28-26+. The van der Waals surface area contributed by atoms with Crippen molar-refractivity contribution in [3.05, 3.63) is 36.5 Å². The fraction of sp³-hybridized carbons (Fsp3) is 0.825. The Morgan fingerprint density at radius 1 is 0.533 bits per heavy atom. The molecule has 0 aliphatic rings. The van der Waals surface area contributed by atoms with Crippen LogP contribution in [-0.4, -0.2) is 46.1 Å². The van der Waals surface area contributed by atoms with Crippen LogP contribution in [0, 0.1) is 0 Å². The van der Waals surface area contributed by atoms with E-state index in [-0.39, 0.29) is 12.5 Å². The monoisotopic (exact) mass is 634 g/mol. The number of nitrogens with one attached hydrogen (secondary N) is 1. The second-order valence-corrected chi connectivity index (χ2v) is 13.1. The zero-order valence-electron chi connectivity index (χ0n) is 29.7. The molecule has 0 heterocycles. The van der Waals surface area contributed by atoms with Crippen LogP contribution in [0.3, 0.4) is 0 Å². The van der Waals surface area contributed by atoms with Crippen LogP contribution in [0.4, 0.5) is 0 Å². The predicted molar refractivity (Wildman–Crippen MR) is 194 cm³/mol. The van der Waals surface area contributed by atoms with Gasteiger partial charge in [-0.15, -0.1) is 0 Å². The predicted octanol–water partition coefficient (Wildman–Crippen LogP) is 10.4. The summed E-state index contributed by atoms with van der Waals surface area (Å²) in [6, 6.07) is -0.838. The topological polar surface area (TPSA) is 89.8 Å². The summed E-state index contributed by atoms with van der Waals surface area (Å²) < 4.78 is 0. The second kappa shape index (κ2) is 35.4. The Hall–Kier alpha value is -1.43. The van der Waals surface area contributed by atoms with Gasteiger partial charge in [-0.25, -0.2) is 0 Å². The minimum atomic E-state index is -1.17. The molecular formula is C40H75NO4. The van der Waals surface area contributed by atoms with Crippen LogP contribution in [0.1, 0.15) is 187 Å². The molecule has 0 saturated carbocycles. The molecule has 0 spiro atoms. The van der Waals surface area contributed by atoms with Crippen molar-refractivity contribution < 1.29 is 20.1 Å². The van der Waals surface area contributed by atoms with Crippen LogP contribution in [-0.2, 0) is 4.79 Å². The Labute approximate surface area is 279 Å². The van der Waals surface area contributed by atoms with Gasteiger partial charge in [-0.3, -0.25) is 4.79 Å². The number of rotatable bonds is 34. The van der Waals surface area contributed by atoms with Crippen molar-refractivity contribution >= 4 is 5.91 Å². The van der Waals surface area contributed by atoms with Gasteiger partial charge in [0.05, 0.1) is 18.8 Å². The largest absolute Gasteiger partial charge is 0.394 e. The maximum absolute atomic E-state index is 12.3. The Balaban J connectivity index is 3.78. The first-order chi connectivity index (χ1) is 22.1. The van der Waals surface area contributed by atoms with Crippen molar-refractivity contribution in [2.24, 2.45) is 0 Å². The number of hydrogen-bond acceptors (Lipinski definition) is 4. The number of unbranched alkanes of at least 4 members (excludes halogenated alkanes) is 20. The molecule has 0 saturated heterocycles. The van der Waals surface area contributed by atoms with E-state index in [9.17, 15) is 20.1 Å². The highest BCUT2D eigenvalue weighted by Crippen LogP contribution is 2.13. The first-order valence-corrected chi connectivity index (χ1v) is 19.3. The van der Waals surface area contributed by atoms with Crippen LogP contribution in [0.5, 0.6) is 0 Å². The molecule has 0 radical (unpaired) electrons. The van der Waals surface area contributed by atoms with Gasteiger partial charge in [-0.05, 0) is 77.0 Å². The van der Waals surface area contributed by atoms with Gasteiger partial charge in [-0.2, -0.15) is 0 Å². The number of hydrogen-bond donors (Lipinski definition) is 4. The van der Waals surface area contributed by atoms with Crippen molar-refractivity contribution in [3.63, 3.8) is 0 Å². The van der Waals surface area contributed by atoms with Crippen LogP contribution in [0.15, 0.2) is 36.5 Å². The number of aliphatic hydroxyl groups is 3. The molecule has 0 fully saturated rings. The Bertz CT molecular complexity index is 704. The van der Waals surface area contributed by atoms with Crippen molar-refractivity contribution in [1.82, 2.24) is 5.32 Å². The van der Waals surface area contributed by atoms with Gasteiger partial charge in [0.25, 0.3) is 0 Å². The van der Waals surface area contributed by atoms with Gasteiger partial charge in [0.1, 0.15) is 6.10 Å². The van der Waals surface area contributed by atoms with Crippen molar-refractivity contribution in [2.75, 3.05) is 6.61 Å². The summed E-state index contributed by atoms with van der Waals surface area (Å²) in [5.74, 6) is -0.177. The molecule has 5 nitrogen and oxygen atoms in total. The maximum Gasteiger partial charge on any atom is 0.220 e. The first kappa shape index (κ1) is 43.6. The lowest BCUT2D eigenvalue weighted by molar-refractivity contribution is -0.124. The lowest BCUT2D eigenvalue weighted by Gasteiger charge is -2.26. The molecule has 0 rings (SSSR count). The van der Waals surface area contributed by atoms with E-state index in [0.717, 1.165) is 51.4 Å². The third kappa shape index (κ3) is 31.0. The Morgan fingerprint density at radius 3 is 1.36 bits per heavy atom. The molecule has 0 bridgehead atoms. The summed E-state index contributed by atoms with van der Waals surface area (Å²) in [5.41, 5.74) is 0. The zero-order valence-corrected chi connectivity index (χ0v) is 29.7. The molecule has 0 aliphatic carbocycles. The molecule has 0 aromatic rings. The molecule has 3 unspecified atom stereocenters. The highest BCUT2D eigenvalue weighted by Gasteiger charge is 2.26. The number of aliphatic hydroxyl groups excluding tert-OH is 3. The summed E-state index contributed by atoms with van der Waals surface area (Å²) in [7, 11) is 0. The van der Waals surface area contributed by atoms with E-state index in [1.807, 2.05) is 0 Å². The molecule has 5 heteroatoms. The molecule has 1 amide bonds. The average molecular weight is 634 g/mol. The SMILES string of the molecule is CCCCCCCC/C=C\CCCCCC(=O)NC(CO)C(O)C(O)CCC/C=C/CC/C=C/CCCCCCCCCCC. The van der Waals surface area contributed by atoms with Gasteiger partial charge in [-0.1, -0.05) is 140 Å². The second-order valence-electron chi connectivity index (χ2n) is 13.1. The Kier molecular flexibility index (Phi) is 34.3. The van der Waals surface area contributed by atoms with Gasteiger partial charge in [0.2, 0.25) is 5.91 Å². The summed E-state index contributed by atoms with van der Waals surface area (Å²) in [6.45, 7) is 4.13. The van der Waals surface area contributed by atoms with Crippen molar-refractivity contribution in [1.29, 1.82) is 0 Å². The maximum atomic E-state index is 12.3. The third-order valence-corrected chi connectivity index (χ3v) is 8.69. The lowest BCUT2D eigenvalue weighted by Crippen LogP contribution is -2.50. The summed E-state index contributed by atoms with van der Waals surface area (Å²) in [4.78, 5) is 12.3. The van der Waals surface area contributed by atoms with Crippen LogP contribution < -0.4 is 5.32 Å². The number of carbonyl (C=O) groups excluding carboxylic acids is 1. The smallest absolute Gasteiger partial charge is 0.220 e. The van der Waals surface area contributed by atoms with Crippen LogP contribution in [0.2, 0.25) is 0 Å². The van der Waals surface area contributed by atoms with E-state index in [2.05, 4.69) is 55.6 Å². The summed E-state index contributed by atoms with van der Waals surface area (Å²) in [6.07, 6.45) is 42.4. The van der Waals surface area contributed by atoms with Crippen molar-refractivity contribution in [3.8, 4) is 0 Å². The van der Waals surface area contributed by atoms with Gasteiger partial charge in [0.15, 0.2) is 0 Å². The van der Waals surface area contributed by atoms with E-state index >= 15 is 0 Å². The highest BCUT2D eigenvalue weighted by atomic mass is 16.3. The Morgan fingerprint density at radius 2 is 0.911 bits per heavy atom. The van der Waals surface area contributed by atoms with E-state index in [4.69, 9.17) is 0 Å².